The topological polar surface area (TPSA) is 100 Å². The molecule has 0 saturated carbocycles. The average Bonchev–Trinajstić information content (AvgIpc) is 3.19. The van der Waals surface area contributed by atoms with Gasteiger partial charge in [0.1, 0.15) is 23.1 Å². The molecular formula is C26H21F2N5O3S. The first-order valence-electron chi connectivity index (χ1n) is 11.3. The first kappa shape index (κ1) is 24.4. The predicted octanol–water partition coefficient (Wildman–Crippen LogP) is 4.43. The number of nitrogens with zero attached hydrogens (tertiary/aromatic N) is 5. The van der Waals surface area contributed by atoms with Crippen LogP contribution in [0.25, 0.3) is 16.8 Å². The lowest BCUT2D eigenvalue weighted by Gasteiger charge is -2.33. The third-order valence-corrected chi connectivity index (χ3v) is 7.33. The van der Waals surface area contributed by atoms with Crippen molar-refractivity contribution in [3.63, 3.8) is 0 Å². The number of amides is 1. The highest BCUT2D eigenvalue weighted by Gasteiger charge is 2.35. The summed E-state index contributed by atoms with van der Waals surface area (Å²) in [6.07, 6.45) is 0.385. The van der Waals surface area contributed by atoms with Gasteiger partial charge in [0.2, 0.25) is 0 Å². The van der Waals surface area contributed by atoms with Gasteiger partial charge in [0.05, 0.1) is 34.2 Å². The number of thiol groups is 1. The maximum absolute atomic E-state index is 15.3. The number of nitriles is 1. The fraction of sp³-hybridized carbons (Fsp3) is 0.192. The number of rotatable bonds is 4. The molecule has 1 unspecified atom stereocenters. The molecule has 0 bridgehead atoms. The van der Waals surface area contributed by atoms with Gasteiger partial charge in [-0.2, -0.15) is 5.26 Å². The van der Waals surface area contributed by atoms with Crippen molar-refractivity contribution in [3.05, 3.63) is 77.2 Å². The number of carbonyl (C=O) groups excluding carboxylic acids is 1. The Hall–Kier alpha value is -4.30. The lowest BCUT2D eigenvalue weighted by Crippen LogP contribution is -2.44. The van der Waals surface area contributed by atoms with Gasteiger partial charge >= 0.3 is 0 Å². The molecule has 37 heavy (non-hydrogen) atoms. The zero-order valence-electron chi connectivity index (χ0n) is 20.1. The molecule has 0 spiro atoms. The summed E-state index contributed by atoms with van der Waals surface area (Å²) in [6, 6.07) is 12.7. The summed E-state index contributed by atoms with van der Waals surface area (Å²) in [5.74, 6) is -1.82. The van der Waals surface area contributed by atoms with Gasteiger partial charge in [0.15, 0.2) is 17.7 Å². The van der Waals surface area contributed by atoms with E-state index in [1.807, 2.05) is 6.07 Å². The minimum Gasteiger partial charge on any atom is -0.476 e. The van der Waals surface area contributed by atoms with E-state index in [0.29, 0.717) is 27.4 Å². The van der Waals surface area contributed by atoms with Crippen molar-refractivity contribution in [1.82, 2.24) is 9.38 Å². The third kappa shape index (κ3) is 4.19. The molecule has 0 N–H and O–H groups in total. The first-order valence-corrected chi connectivity index (χ1v) is 12.5. The van der Waals surface area contributed by atoms with E-state index in [2.05, 4.69) is 9.35 Å². The Morgan fingerprint density at radius 3 is 2.70 bits per heavy atom. The maximum atomic E-state index is 15.3. The number of ether oxygens (including phenoxy) is 1. The number of imidazole rings is 1. The number of benzene rings is 2. The molecule has 2 aromatic heterocycles. The summed E-state index contributed by atoms with van der Waals surface area (Å²) in [7, 11) is -0.481. The molecule has 8 nitrogen and oxygen atoms in total. The lowest BCUT2D eigenvalue weighted by molar-refractivity contribution is -0.125. The van der Waals surface area contributed by atoms with Crippen molar-refractivity contribution >= 4 is 27.8 Å². The number of hydrogen-bond donors (Lipinski definition) is 1. The smallest absolute Gasteiger partial charge is 0.268 e. The normalized spacial score (nSPS) is 15.9. The van der Waals surface area contributed by atoms with Crippen LogP contribution in [0.3, 0.4) is 0 Å². The zero-order chi connectivity index (χ0) is 26.4. The number of aryl methyl sites for hydroxylation is 1. The quantitative estimate of drug-likeness (QED) is 0.401. The number of pyridine rings is 1. The Labute approximate surface area is 213 Å². The average molecular weight is 522 g/mol. The van der Waals surface area contributed by atoms with E-state index in [-0.39, 0.29) is 29.2 Å². The Kier molecular flexibility index (Phi) is 6.13. The van der Waals surface area contributed by atoms with Gasteiger partial charge in [0, 0.05) is 24.2 Å². The van der Waals surface area contributed by atoms with Crippen LogP contribution in [0.15, 0.2) is 57.9 Å². The Morgan fingerprint density at radius 2 is 1.97 bits per heavy atom. The zero-order valence-corrected chi connectivity index (χ0v) is 21.0. The van der Waals surface area contributed by atoms with Crippen LogP contribution in [0.5, 0.6) is 5.75 Å². The predicted molar refractivity (Wildman–Crippen MR) is 134 cm³/mol. The van der Waals surface area contributed by atoms with Crippen molar-refractivity contribution in [1.29, 1.82) is 5.26 Å². The number of hydrogen-bond acceptors (Lipinski definition) is 6. The molecule has 1 amide bonds. The van der Waals surface area contributed by atoms with Gasteiger partial charge in [-0.15, -0.1) is 0 Å². The van der Waals surface area contributed by atoms with E-state index in [9.17, 15) is 18.7 Å². The summed E-state index contributed by atoms with van der Waals surface area (Å²) in [4.78, 5) is 19.5. The van der Waals surface area contributed by atoms with Crippen molar-refractivity contribution in [2.75, 3.05) is 11.9 Å². The van der Waals surface area contributed by atoms with Crippen LogP contribution in [-0.2, 0) is 21.9 Å². The molecule has 3 heterocycles. The first-order chi connectivity index (χ1) is 17.7. The summed E-state index contributed by atoms with van der Waals surface area (Å²) in [5, 5.41) is 9.27. The van der Waals surface area contributed by atoms with Crippen LogP contribution < -0.4 is 9.64 Å². The molecule has 188 valence electrons. The fourth-order valence-corrected chi connectivity index (χ4v) is 5.06. The summed E-state index contributed by atoms with van der Waals surface area (Å²) in [5.41, 5.74) is 2.44. The summed E-state index contributed by atoms with van der Waals surface area (Å²) >= 11 is 0. The van der Waals surface area contributed by atoms with Crippen molar-refractivity contribution < 1.29 is 22.5 Å². The largest absolute Gasteiger partial charge is 0.476 e. The standard InChI is InChI=1S/C26H21F2N5O3S/c1-14-23(32-12-18(11-29)20(27)10-24(32)31-14)13-33-22-9-17(8-21(28)25(22)36-15(2)26(33)34)16-5-4-6-19(7-16)37(35)30-3/h4-10,12,15,37H,13H2,1-3H3/t15-/m1/s1. The third-order valence-electron chi connectivity index (χ3n) is 6.24. The maximum Gasteiger partial charge on any atom is 0.268 e. The van der Waals surface area contributed by atoms with E-state index >= 15 is 4.39 Å². The van der Waals surface area contributed by atoms with Crippen LogP contribution in [0.4, 0.5) is 14.5 Å². The van der Waals surface area contributed by atoms with E-state index in [1.165, 1.54) is 31.1 Å². The SMILES string of the molecule is C/N=[SH](=O)/c1cccc(-c2cc(F)c3c(c2)N(Cc2c(C)nc4cc(F)c(C#N)cn24)C(=O)[C@@H](C)O3)c1. The number of anilines is 1. The highest BCUT2D eigenvalue weighted by Crippen LogP contribution is 2.41. The molecule has 5 rings (SSSR count). The second-order valence-corrected chi connectivity index (χ2v) is 10.00. The molecule has 0 aliphatic carbocycles. The summed E-state index contributed by atoms with van der Waals surface area (Å²) < 4.78 is 52.7. The van der Waals surface area contributed by atoms with Gasteiger partial charge < -0.3 is 9.14 Å². The minimum atomic E-state index is -1.94. The molecule has 1 aliphatic heterocycles. The molecule has 0 saturated heterocycles. The lowest BCUT2D eigenvalue weighted by atomic mass is 10.0. The van der Waals surface area contributed by atoms with Crippen molar-refractivity contribution in [2.45, 2.75) is 31.4 Å². The van der Waals surface area contributed by atoms with E-state index in [1.54, 1.807) is 41.7 Å². The van der Waals surface area contributed by atoms with Gasteiger partial charge in [0.25, 0.3) is 5.91 Å². The Morgan fingerprint density at radius 1 is 1.19 bits per heavy atom. The van der Waals surface area contributed by atoms with Crippen molar-refractivity contribution in [2.24, 2.45) is 4.36 Å². The highest BCUT2D eigenvalue weighted by molar-refractivity contribution is 7.75. The Balaban J connectivity index is 1.65. The highest BCUT2D eigenvalue weighted by atomic mass is 32.2. The van der Waals surface area contributed by atoms with Gasteiger partial charge in [-0.1, -0.05) is 12.1 Å². The second kappa shape index (κ2) is 9.29. The van der Waals surface area contributed by atoms with Gasteiger partial charge in [-0.3, -0.25) is 9.69 Å². The van der Waals surface area contributed by atoms with E-state index in [4.69, 9.17) is 4.74 Å². The fourth-order valence-electron chi connectivity index (χ4n) is 4.36. The van der Waals surface area contributed by atoms with Crippen LogP contribution in [0, 0.1) is 29.9 Å². The number of carbonyl (C=O) groups is 1. The molecule has 0 radical (unpaired) electrons. The number of halogens is 2. The molecule has 1 aliphatic rings. The molecule has 2 atom stereocenters. The molecule has 0 fully saturated rings. The van der Waals surface area contributed by atoms with Crippen LogP contribution >= 0.6 is 0 Å². The van der Waals surface area contributed by atoms with Crippen LogP contribution in [0.2, 0.25) is 0 Å². The van der Waals surface area contributed by atoms with E-state index in [0.717, 1.165) is 6.07 Å². The molecular weight excluding hydrogens is 500 g/mol. The van der Waals surface area contributed by atoms with Crippen LogP contribution in [-0.4, -0.2) is 32.7 Å². The second-order valence-electron chi connectivity index (χ2n) is 8.53. The van der Waals surface area contributed by atoms with Gasteiger partial charge in [-0.25, -0.2) is 22.3 Å². The van der Waals surface area contributed by atoms with E-state index < -0.39 is 34.2 Å². The molecule has 2 aromatic carbocycles. The number of fused-ring (bicyclic) bond motifs is 2. The summed E-state index contributed by atoms with van der Waals surface area (Å²) in [6.45, 7) is 3.22. The van der Waals surface area contributed by atoms with Gasteiger partial charge in [-0.05, 0) is 49.2 Å². The van der Waals surface area contributed by atoms with Crippen LogP contribution in [0.1, 0.15) is 23.9 Å². The molecule has 4 aromatic rings. The van der Waals surface area contributed by atoms with Crippen molar-refractivity contribution in [3.8, 4) is 22.9 Å². The number of aromatic nitrogens is 2. The monoisotopic (exact) mass is 521 g/mol. The molecule has 11 heteroatoms. The Bertz CT molecular complexity index is 1720. The minimum absolute atomic E-state index is 0.0213.